The molecule has 40 heavy (non-hydrogen) atoms. The van der Waals surface area contributed by atoms with E-state index in [1.54, 1.807) is 31.4 Å². The SMILES string of the molecule is COCCN1c2c(cc(C(=O)Nc3ccccc3C(F)(F)F)c3c2CC(C)(C)O3)NC1Nc1c(Cl)cccc1Cl. The Labute approximate surface area is 239 Å². The van der Waals surface area contributed by atoms with Crippen molar-refractivity contribution >= 4 is 51.9 Å². The summed E-state index contributed by atoms with van der Waals surface area (Å²) in [6, 6.07) is 11.6. The third-order valence-corrected chi connectivity index (χ3v) is 7.36. The third-order valence-electron chi connectivity index (χ3n) is 6.73. The molecule has 212 valence electrons. The van der Waals surface area contributed by atoms with E-state index in [0.717, 1.165) is 17.3 Å². The zero-order valence-corrected chi connectivity index (χ0v) is 23.4. The summed E-state index contributed by atoms with van der Waals surface area (Å²) in [6.07, 6.45) is -4.69. The van der Waals surface area contributed by atoms with E-state index in [9.17, 15) is 18.0 Å². The van der Waals surface area contributed by atoms with Crippen LogP contribution in [0.25, 0.3) is 0 Å². The van der Waals surface area contributed by atoms with Crippen molar-refractivity contribution in [2.45, 2.75) is 38.3 Å². The fourth-order valence-corrected chi connectivity index (χ4v) is 5.54. The highest BCUT2D eigenvalue weighted by Crippen LogP contribution is 2.50. The number of anilines is 4. The Morgan fingerprint density at radius 1 is 1.18 bits per heavy atom. The monoisotopic (exact) mass is 594 g/mol. The molecule has 2 aliphatic rings. The van der Waals surface area contributed by atoms with E-state index < -0.39 is 29.5 Å². The second kappa shape index (κ2) is 10.6. The minimum Gasteiger partial charge on any atom is -0.486 e. The van der Waals surface area contributed by atoms with Crippen LogP contribution in [0.1, 0.15) is 35.3 Å². The van der Waals surface area contributed by atoms with Gasteiger partial charge in [0.05, 0.1) is 50.5 Å². The first-order valence-electron chi connectivity index (χ1n) is 12.5. The molecule has 0 aromatic heterocycles. The minimum atomic E-state index is -4.63. The lowest BCUT2D eigenvalue weighted by Crippen LogP contribution is -2.44. The molecule has 0 saturated carbocycles. The highest BCUT2D eigenvalue weighted by molar-refractivity contribution is 6.39. The number of ether oxygens (including phenoxy) is 2. The molecule has 7 nitrogen and oxygen atoms in total. The number of hydrogen-bond acceptors (Lipinski definition) is 6. The highest BCUT2D eigenvalue weighted by Gasteiger charge is 2.42. The molecule has 5 rings (SSSR count). The zero-order chi connectivity index (χ0) is 28.8. The Balaban J connectivity index is 1.56. The van der Waals surface area contributed by atoms with Gasteiger partial charge in [0.25, 0.3) is 5.91 Å². The van der Waals surface area contributed by atoms with E-state index in [0.29, 0.717) is 46.7 Å². The van der Waals surface area contributed by atoms with Crippen molar-refractivity contribution in [3.05, 3.63) is 75.3 Å². The molecular formula is C28H27Cl2F3N4O3. The van der Waals surface area contributed by atoms with Gasteiger partial charge < -0.3 is 30.3 Å². The number of amides is 1. The summed E-state index contributed by atoms with van der Waals surface area (Å²) in [5.41, 5.74) is 0.870. The molecule has 1 atom stereocenters. The second-order valence-electron chi connectivity index (χ2n) is 10.1. The Hall–Kier alpha value is -3.34. The molecule has 2 aliphatic heterocycles. The van der Waals surface area contributed by atoms with Crippen LogP contribution in [0.2, 0.25) is 10.0 Å². The van der Waals surface area contributed by atoms with Gasteiger partial charge in [-0.15, -0.1) is 0 Å². The molecule has 0 fully saturated rings. The molecule has 1 amide bonds. The van der Waals surface area contributed by atoms with Crippen LogP contribution in [-0.2, 0) is 17.3 Å². The van der Waals surface area contributed by atoms with Crippen molar-refractivity contribution in [1.82, 2.24) is 0 Å². The first-order valence-corrected chi connectivity index (χ1v) is 13.2. The highest BCUT2D eigenvalue weighted by atomic mass is 35.5. The number of methoxy groups -OCH3 is 1. The average Bonchev–Trinajstić information content (AvgIpc) is 3.39. The maximum Gasteiger partial charge on any atom is 0.418 e. The first kappa shape index (κ1) is 28.2. The standard InChI is InChI=1S/C28H27Cl2F3N4O3/c1-27(2)14-16-23-21(35-26(37(23)11-12-39-3)36-22-18(29)8-6-9-19(22)30)13-15(24(16)40-27)25(38)34-20-10-5-4-7-17(20)28(31,32)33/h4-10,13,26,35-36H,11-12,14H2,1-3H3,(H,34,38). The number of nitrogens with zero attached hydrogens (tertiary/aromatic N) is 1. The summed E-state index contributed by atoms with van der Waals surface area (Å²) in [7, 11) is 1.60. The van der Waals surface area contributed by atoms with E-state index in [2.05, 4.69) is 16.0 Å². The number of carbonyl (C=O) groups excluding carboxylic acids is 1. The molecule has 1 unspecified atom stereocenters. The van der Waals surface area contributed by atoms with Crippen molar-refractivity contribution < 1.29 is 27.4 Å². The van der Waals surface area contributed by atoms with Crippen LogP contribution in [0, 0.1) is 0 Å². The number of para-hydroxylation sites is 2. The molecule has 3 N–H and O–H groups in total. The maximum atomic E-state index is 13.6. The fourth-order valence-electron chi connectivity index (χ4n) is 5.04. The van der Waals surface area contributed by atoms with Gasteiger partial charge in [-0.3, -0.25) is 4.79 Å². The van der Waals surface area contributed by atoms with Crippen molar-refractivity contribution in [2.24, 2.45) is 0 Å². The number of fused-ring (bicyclic) bond motifs is 3. The van der Waals surface area contributed by atoms with Gasteiger partial charge in [-0.2, -0.15) is 13.2 Å². The van der Waals surface area contributed by atoms with Gasteiger partial charge in [-0.05, 0) is 44.2 Å². The number of carbonyl (C=O) groups is 1. The molecule has 3 aromatic carbocycles. The normalized spacial score (nSPS) is 17.1. The van der Waals surface area contributed by atoms with E-state index in [4.69, 9.17) is 32.7 Å². The Bertz CT molecular complexity index is 1450. The number of halogens is 5. The van der Waals surface area contributed by atoms with Gasteiger partial charge in [0.15, 0.2) is 6.29 Å². The number of benzene rings is 3. The van der Waals surface area contributed by atoms with Crippen LogP contribution in [0.5, 0.6) is 5.75 Å². The maximum absolute atomic E-state index is 13.6. The van der Waals surface area contributed by atoms with Crippen LogP contribution in [-0.4, -0.2) is 38.1 Å². The number of nitrogens with one attached hydrogen (secondary N) is 3. The van der Waals surface area contributed by atoms with Gasteiger partial charge in [0.2, 0.25) is 0 Å². The number of hydrogen-bond donors (Lipinski definition) is 3. The summed E-state index contributed by atoms with van der Waals surface area (Å²) in [4.78, 5) is 15.5. The van der Waals surface area contributed by atoms with Crippen molar-refractivity contribution in [3.8, 4) is 5.75 Å². The third kappa shape index (κ3) is 5.35. The van der Waals surface area contributed by atoms with Crippen LogP contribution in [0.15, 0.2) is 48.5 Å². The fraction of sp³-hybridized carbons (Fsp3) is 0.321. The topological polar surface area (TPSA) is 74.9 Å². The predicted octanol–water partition coefficient (Wildman–Crippen LogP) is 7.25. The first-order chi connectivity index (χ1) is 18.9. The van der Waals surface area contributed by atoms with Gasteiger partial charge in [0, 0.05) is 25.6 Å². The van der Waals surface area contributed by atoms with Crippen LogP contribution in [0.3, 0.4) is 0 Å². The molecule has 3 aromatic rings. The van der Waals surface area contributed by atoms with Gasteiger partial charge >= 0.3 is 6.18 Å². The molecular weight excluding hydrogens is 568 g/mol. The van der Waals surface area contributed by atoms with E-state index in [-0.39, 0.29) is 11.3 Å². The summed E-state index contributed by atoms with van der Waals surface area (Å²) in [6.45, 7) is 4.64. The van der Waals surface area contributed by atoms with Gasteiger partial charge in [0.1, 0.15) is 11.4 Å². The average molecular weight is 595 g/mol. The predicted molar refractivity (Wildman–Crippen MR) is 151 cm³/mol. The molecule has 2 heterocycles. The molecule has 12 heteroatoms. The minimum absolute atomic E-state index is 0.118. The van der Waals surface area contributed by atoms with Crippen molar-refractivity contribution in [1.29, 1.82) is 0 Å². The van der Waals surface area contributed by atoms with Crippen LogP contribution < -0.4 is 25.6 Å². The van der Waals surface area contributed by atoms with E-state index in [1.807, 2.05) is 18.7 Å². The van der Waals surface area contributed by atoms with E-state index >= 15 is 0 Å². The zero-order valence-electron chi connectivity index (χ0n) is 21.9. The van der Waals surface area contributed by atoms with Gasteiger partial charge in [-0.1, -0.05) is 41.4 Å². The summed E-state index contributed by atoms with van der Waals surface area (Å²) < 4.78 is 52.4. The van der Waals surface area contributed by atoms with Crippen LogP contribution in [0.4, 0.5) is 35.9 Å². The quantitative estimate of drug-likeness (QED) is 0.267. The second-order valence-corrected chi connectivity index (χ2v) is 11.0. The van der Waals surface area contributed by atoms with E-state index in [1.165, 1.54) is 18.2 Å². The van der Waals surface area contributed by atoms with Crippen molar-refractivity contribution in [2.75, 3.05) is 41.1 Å². The largest absolute Gasteiger partial charge is 0.486 e. The molecule has 0 spiro atoms. The smallest absolute Gasteiger partial charge is 0.418 e. The summed E-state index contributed by atoms with van der Waals surface area (Å²) >= 11 is 12.8. The van der Waals surface area contributed by atoms with Crippen molar-refractivity contribution in [3.63, 3.8) is 0 Å². The lowest BCUT2D eigenvalue weighted by atomic mass is 9.97. The van der Waals surface area contributed by atoms with Crippen LogP contribution >= 0.6 is 23.2 Å². The lowest BCUT2D eigenvalue weighted by molar-refractivity contribution is -0.136. The number of rotatable bonds is 7. The number of alkyl halides is 3. The Morgan fingerprint density at radius 3 is 2.55 bits per heavy atom. The summed E-state index contributed by atoms with van der Waals surface area (Å²) in [5, 5.41) is 10.0. The Morgan fingerprint density at radius 2 is 1.88 bits per heavy atom. The molecule has 0 saturated heterocycles. The summed E-state index contributed by atoms with van der Waals surface area (Å²) in [5.74, 6) is -0.393. The molecule has 0 bridgehead atoms. The lowest BCUT2D eigenvalue weighted by Gasteiger charge is -2.29. The molecule has 0 radical (unpaired) electrons. The Kier molecular flexibility index (Phi) is 7.45. The van der Waals surface area contributed by atoms with Gasteiger partial charge in [-0.25, -0.2) is 0 Å². The molecule has 0 aliphatic carbocycles.